The number of rotatable bonds is 2. The van der Waals surface area contributed by atoms with Crippen LogP contribution in [0.2, 0.25) is 0 Å². The number of hydrogen-bond donors (Lipinski definition) is 1. The van der Waals surface area contributed by atoms with Crippen molar-refractivity contribution < 1.29 is 9.47 Å². The van der Waals surface area contributed by atoms with Crippen LogP contribution in [0, 0.1) is 0 Å². The van der Waals surface area contributed by atoms with E-state index in [0.29, 0.717) is 0 Å². The van der Waals surface area contributed by atoms with Gasteiger partial charge in [-0.05, 0) is 24.3 Å². The summed E-state index contributed by atoms with van der Waals surface area (Å²) in [6.45, 7) is 0.804. The Labute approximate surface area is 112 Å². The summed E-state index contributed by atoms with van der Waals surface area (Å²) in [5.41, 5.74) is 6.71. The molecule has 4 heteroatoms. The SMILES string of the molecule is Nc1ccccc1OC1CCOC2(CCSC2)C1. The highest BCUT2D eigenvalue weighted by Crippen LogP contribution is 2.39. The van der Waals surface area contributed by atoms with E-state index in [9.17, 15) is 0 Å². The number of nitrogens with two attached hydrogens (primary N) is 1. The first kappa shape index (κ1) is 12.2. The van der Waals surface area contributed by atoms with Crippen LogP contribution in [0.4, 0.5) is 5.69 Å². The zero-order valence-corrected chi connectivity index (χ0v) is 11.2. The van der Waals surface area contributed by atoms with Crippen LogP contribution < -0.4 is 10.5 Å². The van der Waals surface area contributed by atoms with Gasteiger partial charge in [0.25, 0.3) is 0 Å². The maximum absolute atomic E-state index is 6.06. The Kier molecular flexibility index (Phi) is 3.39. The molecule has 2 atom stereocenters. The normalized spacial score (nSPS) is 31.7. The van der Waals surface area contributed by atoms with Crippen molar-refractivity contribution in [1.29, 1.82) is 0 Å². The Morgan fingerprint density at radius 3 is 3.06 bits per heavy atom. The first-order valence-corrected chi connectivity index (χ1v) is 7.66. The van der Waals surface area contributed by atoms with Gasteiger partial charge in [0, 0.05) is 18.6 Å². The van der Waals surface area contributed by atoms with E-state index in [-0.39, 0.29) is 11.7 Å². The lowest BCUT2D eigenvalue weighted by molar-refractivity contribution is -0.0957. The van der Waals surface area contributed by atoms with E-state index in [2.05, 4.69) is 0 Å². The largest absolute Gasteiger partial charge is 0.488 e. The summed E-state index contributed by atoms with van der Waals surface area (Å²) in [5.74, 6) is 3.13. The smallest absolute Gasteiger partial charge is 0.142 e. The third-order valence-corrected chi connectivity index (χ3v) is 4.95. The van der Waals surface area contributed by atoms with E-state index in [1.54, 1.807) is 0 Å². The average Bonchev–Trinajstić information content (AvgIpc) is 2.80. The molecule has 0 aliphatic carbocycles. The zero-order chi connectivity index (χ0) is 12.4. The van der Waals surface area contributed by atoms with Gasteiger partial charge >= 0.3 is 0 Å². The molecule has 3 nitrogen and oxygen atoms in total. The van der Waals surface area contributed by atoms with Gasteiger partial charge < -0.3 is 15.2 Å². The lowest BCUT2D eigenvalue weighted by Gasteiger charge is -2.37. The van der Waals surface area contributed by atoms with Crippen molar-refractivity contribution in [2.24, 2.45) is 0 Å². The average molecular weight is 265 g/mol. The molecule has 2 saturated heterocycles. The predicted octanol–water partition coefficient (Wildman–Crippen LogP) is 2.70. The third-order valence-electron chi connectivity index (χ3n) is 3.73. The molecule has 2 heterocycles. The minimum Gasteiger partial charge on any atom is -0.488 e. The zero-order valence-electron chi connectivity index (χ0n) is 10.4. The van der Waals surface area contributed by atoms with Gasteiger partial charge in [0.2, 0.25) is 0 Å². The maximum Gasteiger partial charge on any atom is 0.142 e. The molecule has 18 heavy (non-hydrogen) atoms. The number of thioether (sulfide) groups is 1. The Bertz CT molecular complexity index is 418. The Hall–Kier alpha value is -0.870. The molecule has 1 spiro atoms. The van der Waals surface area contributed by atoms with E-state index in [1.165, 1.54) is 5.75 Å². The number of ether oxygens (including phenoxy) is 2. The van der Waals surface area contributed by atoms with Crippen LogP contribution in [0.25, 0.3) is 0 Å². The van der Waals surface area contributed by atoms with E-state index in [4.69, 9.17) is 15.2 Å². The highest BCUT2D eigenvalue weighted by molar-refractivity contribution is 7.99. The molecule has 1 aromatic rings. The lowest BCUT2D eigenvalue weighted by Crippen LogP contribution is -2.43. The van der Waals surface area contributed by atoms with Gasteiger partial charge in [0.1, 0.15) is 11.9 Å². The van der Waals surface area contributed by atoms with Gasteiger partial charge in [-0.25, -0.2) is 0 Å². The van der Waals surface area contributed by atoms with Gasteiger partial charge in [-0.15, -0.1) is 0 Å². The standard InChI is InChI=1S/C14H19NO2S/c15-12-3-1-2-4-13(12)17-11-5-7-16-14(9-11)6-8-18-10-14/h1-4,11H,5-10,15H2. The van der Waals surface area contributed by atoms with Crippen LogP contribution in [-0.4, -0.2) is 29.8 Å². The molecular weight excluding hydrogens is 246 g/mol. The van der Waals surface area contributed by atoms with E-state index < -0.39 is 0 Å². The van der Waals surface area contributed by atoms with Crippen molar-refractivity contribution in [2.75, 3.05) is 23.8 Å². The summed E-state index contributed by atoms with van der Waals surface area (Å²) >= 11 is 1.99. The van der Waals surface area contributed by atoms with E-state index in [0.717, 1.165) is 43.1 Å². The molecule has 0 radical (unpaired) electrons. The van der Waals surface area contributed by atoms with Crippen molar-refractivity contribution >= 4 is 17.4 Å². The molecule has 3 rings (SSSR count). The molecule has 0 aromatic heterocycles. The number of benzene rings is 1. The number of para-hydroxylation sites is 2. The van der Waals surface area contributed by atoms with Crippen molar-refractivity contribution in [3.8, 4) is 5.75 Å². The second-order valence-corrected chi connectivity index (χ2v) is 6.21. The highest BCUT2D eigenvalue weighted by atomic mass is 32.2. The van der Waals surface area contributed by atoms with Crippen molar-refractivity contribution in [1.82, 2.24) is 0 Å². The van der Waals surface area contributed by atoms with Gasteiger partial charge in [0.05, 0.1) is 17.9 Å². The van der Waals surface area contributed by atoms with Crippen LogP contribution in [-0.2, 0) is 4.74 Å². The maximum atomic E-state index is 6.06. The van der Waals surface area contributed by atoms with Gasteiger partial charge in [-0.3, -0.25) is 0 Å². The highest BCUT2D eigenvalue weighted by Gasteiger charge is 2.41. The first-order chi connectivity index (χ1) is 8.77. The molecule has 2 fully saturated rings. The number of anilines is 1. The fraction of sp³-hybridized carbons (Fsp3) is 0.571. The van der Waals surface area contributed by atoms with Gasteiger partial charge in [-0.2, -0.15) is 11.8 Å². The summed E-state index contributed by atoms with van der Waals surface area (Å²) in [6, 6.07) is 7.73. The van der Waals surface area contributed by atoms with Crippen LogP contribution >= 0.6 is 11.8 Å². The monoisotopic (exact) mass is 265 g/mol. The summed E-state index contributed by atoms with van der Waals surface area (Å²) in [7, 11) is 0. The summed E-state index contributed by atoms with van der Waals surface area (Å²) in [6.07, 6.45) is 3.35. The topological polar surface area (TPSA) is 44.5 Å². The molecule has 0 amide bonds. The van der Waals surface area contributed by atoms with Crippen LogP contribution in [0.5, 0.6) is 5.75 Å². The first-order valence-electron chi connectivity index (χ1n) is 6.50. The molecule has 0 bridgehead atoms. The molecule has 2 aliphatic heterocycles. The molecule has 1 aromatic carbocycles. The molecular formula is C14H19NO2S. The third kappa shape index (κ3) is 2.45. The van der Waals surface area contributed by atoms with Crippen LogP contribution in [0.3, 0.4) is 0 Å². The molecule has 2 aliphatic rings. The number of nitrogen functional groups attached to an aromatic ring is 1. The summed E-state index contributed by atoms with van der Waals surface area (Å²) in [5, 5.41) is 0. The fourth-order valence-corrected chi connectivity index (χ4v) is 4.09. The molecule has 98 valence electrons. The lowest BCUT2D eigenvalue weighted by atomic mass is 9.91. The van der Waals surface area contributed by atoms with Gasteiger partial charge in [0.15, 0.2) is 0 Å². The van der Waals surface area contributed by atoms with E-state index in [1.807, 2.05) is 36.0 Å². The second kappa shape index (κ2) is 5.02. The van der Waals surface area contributed by atoms with Crippen molar-refractivity contribution in [3.63, 3.8) is 0 Å². The van der Waals surface area contributed by atoms with Crippen molar-refractivity contribution in [3.05, 3.63) is 24.3 Å². The summed E-state index contributed by atoms with van der Waals surface area (Å²) in [4.78, 5) is 0. The fourth-order valence-electron chi connectivity index (χ4n) is 2.71. The Balaban J connectivity index is 1.68. The Morgan fingerprint density at radius 1 is 1.39 bits per heavy atom. The van der Waals surface area contributed by atoms with Crippen molar-refractivity contribution in [2.45, 2.75) is 31.0 Å². The minimum absolute atomic E-state index is 0.0666. The van der Waals surface area contributed by atoms with Crippen LogP contribution in [0.15, 0.2) is 24.3 Å². The quantitative estimate of drug-likeness (QED) is 0.835. The predicted molar refractivity (Wildman–Crippen MR) is 75.1 cm³/mol. The molecule has 2 N–H and O–H groups in total. The van der Waals surface area contributed by atoms with Crippen LogP contribution in [0.1, 0.15) is 19.3 Å². The minimum atomic E-state index is 0.0666. The van der Waals surface area contributed by atoms with Gasteiger partial charge in [-0.1, -0.05) is 12.1 Å². The Morgan fingerprint density at radius 2 is 2.28 bits per heavy atom. The van der Waals surface area contributed by atoms with E-state index >= 15 is 0 Å². The number of hydrogen-bond acceptors (Lipinski definition) is 4. The molecule has 0 saturated carbocycles. The summed E-state index contributed by atoms with van der Waals surface area (Å²) < 4.78 is 12.1. The molecule has 2 unspecified atom stereocenters. The second-order valence-electron chi connectivity index (χ2n) is 5.10.